The summed E-state index contributed by atoms with van der Waals surface area (Å²) < 4.78 is 63.5. The molecule has 0 spiro atoms. The molecule has 0 unspecified atom stereocenters. The molecule has 2 fully saturated rings. The van der Waals surface area contributed by atoms with Crippen molar-refractivity contribution in [1.29, 1.82) is 0 Å². The lowest BCUT2D eigenvalue weighted by molar-refractivity contribution is -0.193. The minimum atomic E-state index is -5.08. The summed E-state index contributed by atoms with van der Waals surface area (Å²) >= 11 is 0. The van der Waals surface area contributed by atoms with E-state index in [1.54, 1.807) is 0 Å². The number of piperazine rings is 1. The Kier molecular flexibility index (Phi) is 8.07. The van der Waals surface area contributed by atoms with Crippen LogP contribution in [-0.4, -0.2) is 64.6 Å². The third-order valence-electron chi connectivity index (χ3n) is 4.85. The Labute approximate surface area is 178 Å². The highest BCUT2D eigenvalue weighted by Gasteiger charge is 2.39. The average Bonchev–Trinajstić information content (AvgIpc) is 3.30. The number of halogens is 6. The molecule has 4 rings (SSSR count). The van der Waals surface area contributed by atoms with Crippen molar-refractivity contribution in [3.8, 4) is 0 Å². The Balaban J connectivity index is 0.000000218. The number of likely N-dealkylation sites (tertiary alicyclic amines) is 1. The molecule has 12 heteroatoms. The predicted molar refractivity (Wildman–Crippen MR) is 102 cm³/mol. The maximum Gasteiger partial charge on any atom is 0.490 e. The van der Waals surface area contributed by atoms with Gasteiger partial charge in [-0.3, -0.25) is 4.90 Å². The van der Waals surface area contributed by atoms with Crippen LogP contribution < -0.4 is 5.32 Å². The molecule has 2 heterocycles. The van der Waals surface area contributed by atoms with Crippen LogP contribution in [0.4, 0.5) is 26.3 Å². The lowest BCUT2D eigenvalue weighted by Crippen LogP contribution is -2.42. The molecule has 32 heavy (non-hydrogen) atoms. The minimum absolute atomic E-state index is 0.746. The summed E-state index contributed by atoms with van der Waals surface area (Å²) in [4.78, 5) is 20.4. The van der Waals surface area contributed by atoms with Gasteiger partial charge in [0.25, 0.3) is 0 Å². The Morgan fingerprint density at radius 1 is 0.938 bits per heavy atom. The lowest BCUT2D eigenvalue weighted by atomic mass is 10.1. The van der Waals surface area contributed by atoms with Crippen molar-refractivity contribution in [1.82, 2.24) is 10.2 Å². The van der Waals surface area contributed by atoms with Gasteiger partial charge < -0.3 is 15.5 Å². The van der Waals surface area contributed by atoms with Gasteiger partial charge in [0.1, 0.15) is 0 Å². The van der Waals surface area contributed by atoms with E-state index in [2.05, 4.69) is 52.7 Å². The van der Waals surface area contributed by atoms with E-state index in [9.17, 15) is 26.3 Å². The van der Waals surface area contributed by atoms with Gasteiger partial charge in [0.2, 0.25) is 0 Å². The number of nitrogens with zero attached hydrogens (tertiary/aromatic N) is 1. The first kappa shape index (κ1) is 25.4. The highest BCUT2D eigenvalue weighted by Crippen LogP contribution is 2.26. The molecular weight excluding hydrogens is 446 g/mol. The van der Waals surface area contributed by atoms with Gasteiger partial charge in [0, 0.05) is 31.7 Å². The quantitative estimate of drug-likeness (QED) is 0.586. The van der Waals surface area contributed by atoms with E-state index in [1.807, 2.05) is 0 Å². The Morgan fingerprint density at radius 3 is 1.91 bits per heavy atom. The number of hydrogen-bond acceptors (Lipinski definition) is 4. The summed E-state index contributed by atoms with van der Waals surface area (Å²) in [6.45, 7) is 3.50. The van der Waals surface area contributed by atoms with Gasteiger partial charge in [-0.2, -0.15) is 26.3 Å². The van der Waals surface area contributed by atoms with Crippen LogP contribution in [0.25, 0.3) is 10.8 Å². The third kappa shape index (κ3) is 7.38. The maximum absolute atomic E-state index is 10.6. The monoisotopic (exact) mass is 466 g/mol. The van der Waals surface area contributed by atoms with E-state index in [-0.39, 0.29) is 0 Å². The van der Waals surface area contributed by atoms with Crippen LogP contribution in [0.1, 0.15) is 12.0 Å². The average molecular weight is 466 g/mol. The summed E-state index contributed by atoms with van der Waals surface area (Å²) in [6.07, 6.45) is -8.83. The molecule has 0 radical (unpaired) electrons. The number of rotatable bonds is 2. The van der Waals surface area contributed by atoms with Gasteiger partial charge in [-0.25, -0.2) is 9.59 Å². The fraction of sp³-hybridized carbons (Fsp3) is 0.400. The normalized spacial score (nSPS) is 20.2. The van der Waals surface area contributed by atoms with Crippen molar-refractivity contribution in [3.63, 3.8) is 0 Å². The summed E-state index contributed by atoms with van der Waals surface area (Å²) in [6, 6.07) is 17.0. The number of carboxylic acid groups (broad SMARTS) is 2. The van der Waals surface area contributed by atoms with Crippen molar-refractivity contribution >= 4 is 22.7 Å². The number of hydrogen-bond donors (Lipinski definition) is 3. The van der Waals surface area contributed by atoms with E-state index in [0.717, 1.165) is 18.6 Å². The zero-order chi connectivity index (χ0) is 24.1. The smallest absolute Gasteiger partial charge is 0.475 e. The second-order valence-electron chi connectivity index (χ2n) is 7.21. The molecule has 2 aliphatic heterocycles. The van der Waals surface area contributed by atoms with Gasteiger partial charge >= 0.3 is 24.3 Å². The van der Waals surface area contributed by atoms with Crippen molar-refractivity contribution < 1.29 is 46.1 Å². The van der Waals surface area contributed by atoms with Crippen molar-refractivity contribution in [3.05, 3.63) is 48.0 Å². The van der Waals surface area contributed by atoms with Crippen LogP contribution >= 0.6 is 0 Å². The number of nitrogens with one attached hydrogen (secondary N) is 1. The van der Waals surface area contributed by atoms with Crippen LogP contribution in [-0.2, 0) is 16.1 Å². The molecule has 2 aromatic rings. The van der Waals surface area contributed by atoms with E-state index in [0.29, 0.717) is 0 Å². The first-order chi connectivity index (χ1) is 14.8. The van der Waals surface area contributed by atoms with E-state index in [4.69, 9.17) is 19.8 Å². The molecule has 3 N–H and O–H groups in total. The van der Waals surface area contributed by atoms with Crippen LogP contribution in [0.15, 0.2) is 42.5 Å². The molecule has 6 nitrogen and oxygen atoms in total. The van der Waals surface area contributed by atoms with Crippen LogP contribution in [0.5, 0.6) is 0 Å². The summed E-state index contributed by atoms with van der Waals surface area (Å²) in [5.74, 6) is -5.51. The fourth-order valence-electron chi connectivity index (χ4n) is 3.41. The van der Waals surface area contributed by atoms with E-state index < -0.39 is 24.3 Å². The second kappa shape index (κ2) is 10.2. The first-order valence-corrected chi connectivity index (χ1v) is 9.32. The molecule has 0 aromatic heterocycles. The zero-order valence-corrected chi connectivity index (χ0v) is 16.5. The van der Waals surface area contributed by atoms with Crippen molar-refractivity contribution in [2.24, 2.45) is 0 Å². The second-order valence-corrected chi connectivity index (χ2v) is 7.21. The standard InChI is InChI=1S/C16H18N2.2C2HF3O2/c1-2-4-14-7-12(5-6-13(14)3-1)10-18-11-15-8-16(18)9-17-15;2*3-2(4,5)1(6)7/h1-7,15-17H,8-11H2;2*(H,6,7)/t15-,16-;;/m1../s1. The summed E-state index contributed by atoms with van der Waals surface area (Å²) in [5, 5.41) is 20.5. The number of benzene rings is 2. The lowest BCUT2D eigenvalue weighted by Gasteiger charge is -2.27. The molecule has 176 valence electrons. The molecule has 2 bridgehead atoms. The topological polar surface area (TPSA) is 89.9 Å². The maximum atomic E-state index is 10.6. The van der Waals surface area contributed by atoms with E-state index in [1.165, 1.54) is 35.8 Å². The van der Waals surface area contributed by atoms with Gasteiger partial charge in [0.05, 0.1) is 0 Å². The molecule has 2 aliphatic rings. The van der Waals surface area contributed by atoms with Gasteiger partial charge in [-0.15, -0.1) is 0 Å². The highest BCUT2D eigenvalue weighted by atomic mass is 19.4. The Bertz CT molecular complexity index is 924. The number of fused-ring (bicyclic) bond motifs is 3. The molecule has 0 amide bonds. The Hall–Kier alpha value is -2.86. The SMILES string of the molecule is O=C(O)C(F)(F)F.O=C(O)C(F)(F)F.c1ccc2cc(CN3C[C@H]4C[C@@H]3CN4)ccc2c1. The van der Waals surface area contributed by atoms with Crippen LogP contribution in [0, 0.1) is 0 Å². The molecule has 2 saturated heterocycles. The van der Waals surface area contributed by atoms with Crippen molar-refractivity contribution in [2.75, 3.05) is 13.1 Å². The summed E-state index contributed by atoms with van der Waals surface area (Å²) in [7, 11) is 0. The molecule has 0 saturated carbocycles. The molecular formula is C20H20F6N2O4. The van der Waals surface area contributed by atoms with Gasteiger partial charge in [-0.05, 0) is 28.8 Å². The number of carbonyl (C=O) groups is 2. The number of alkyl halides is 6. The highest BCUT2D eigenvalue weighted by molar-refractivity contribution is 5.83. The number of carboxylic acids is 2. The molecule has 0 aliphatic carbocycles. The molecule has 2 aromatic carbocycles. The third-order valence-corrected chi connectivity index (χ3v) is 4.85. The van der Waals surface area contributed by atoms with Crippen LogP contribution in [0.2, 0.25) is 0 Å². The first-order valence-electron chi connectivity index (χ1n) is 9.32. The zero-order valence-electron chi connectivity index (χ0n) is 16.5. The molecule has 2 atom stereocenters. The van der Waals surface area contributed by atoms with Crippen molar-refractivity contribution in [2.45, 2.75) is 37.4 Å². The number of aliphatic carboxylic acids is 2. The van der Waals surface area contributed by atoms with Gasteiger partial charge in [0.15, 0.2) is 0 Å². The fourth-order valence-corrected chi connectivity index (χ4v) is 3.41. The minimum Gasteiger partial charge on any atom is -0.475 e. The Morgan fingerprint density at radius 2 is 1.47 bits per heavy atom. The van der Waals surface area contributed by atoms with Crippen LogP contribution in [0.3, 0.4) is 0 Å². The summed E-state index contributed by atoms with van der Waals surface area (Å²) in [5.41, 5.74) is 1.45. The van der Waals surface area contributed by atoms with Gasteiger partial charge in [-0.1, -0.05) is 36.4 Å². The largest absolute Gasteiger partial charge is 0.490 e. The predicted octanol–water partition coefficient (Wildman–Crippen LogP) is 3.65. The van der Waals surface area contributed by atoms with E-state index >= 15 is 0 Å².